The molecule has 1 aliphatic rings. The number of carbonyl (C=O) groups excluding carboxylic acids is 1. The fourth-order valence-electron chi connectivity index (χ4n) is 3.80. The van der Waals surface area contributed by atoms with Crippen molar-refractivity contribution in [2.75, 3.05) is 0 Å². The zero-order chi connectivity index (χ0) is 19.0. The zero-order valence-electron chi connectivity index (χ0n) is 16.1. The van der Waals surface area contributed by atoms with E-state index >= 15 is 0 Å². The van der Waals surface area contributed by atoms with Crippen LogP contribution in [-0.4, -0.2) is 26.7 Å². The van der Waals surface area contributed by atoms with Gasteiger partial charge in [-0.15, -0.1) is 0 Å². The molecule has 0 atom stereocenters. The lowest BCUT2D eigenvalue weighted by Gasteiger charge is -2.27. The van der Waals surface area contributed by atoms with Crippen LogP contribution >= 0.6 is 0 Å². The number of nitrogens with zero attached hydrogens (tertiary/aromatic N) is 3. The predicted molar refractivity (Wildman–Crippen MR) is 105 cm³/mol. The van der Waals surface area contributed by atoms with Gasteiger partial charge >= 0.3 is 0 Å². The second-order valence-electron chi connectivity index (χ2n) is 7.88. The highest BCUT2D eigenvalue weighted by Gasteiger charge is 2.23. The second-order valence-corrected chi connectivity index (χ2v) is 7.88. The molecule has 0 saturated heterocycles. The number of amides is 1. The zero-order valence-corrected chi connectivity index (χ0v) is 16.1. The molecule has 1 aliphatic carbocycles. The molecule has 3 heterocycles. The molecule has 0 aliphatic heterocycles. The lowest BCUT2D eigenvalue weighted by molar-refractivity contribution is 0.0924. The minimum absolute atomic E-state index is 0.0573. The Labute approximate surface area is 159 Å². The SMILES string of the molecule is CC1CCC(NC(=O)c2cc(-c3ccco3)nc3c2cnn3C(C)C)CC1. The summed E-state index contributed by atoms with van der Waals surface area (Å²) in [6, 6.07) is 5.88. The van der Waals surface area contributed by atoms with Gasteiger partial charge in [-0.05, 0) is 63.6 Å². The summed E-state index contributed by atoms with van der Waals surface area (Å²) in [4.78, 5) is 17.8. The van der Waals surface area contributed by atoms with Crippen molar-refractivity contribution < 1.29 is 9.21 Å². The van der Waals surface area contributed by atoms with Crippen LogP contribution in [0.25, 0.3) is 22.5 Å². The molecule has 27 heavy (non-hydrogen) atoms. The Morgan fingerprint density at radius 2 is 2.07 bits per heavy atom. The summed E-state index contributed by atoms with van der Waals surface area (Å²) < 4.78 is 7.37. The van der Waals surface area contributed by atoms with Gasteiger partial charge in [-0.2, -0.15) is 5.10 Å². The van der Waals surface area contributed by atoms with Gasteiger partial charge in [-0.1, -0.05) is 6.92 Å². The molecule has 6 heteroatoms. The number of hydrogen-bond acceptors (Lipinski definition) is 4. The highest BCUT2D eigenvalue weighted by molar-refractivity contribution is 6.06. The van der Waals surface area contributed by atoms with Crippen molar-refractivity contribution in [3.05, 3.63) is 36.2 Å². The molecule has 0 radical (unpaired) electrons. The fraction of sp³-hybridized carbons (Fsp3) is 0.476. The van der Waals surface area contributed by atoms with Crippen LogP contribution in [0.2, 0.25) is 0 Å². The molecule has 0 spiro atoms. The maximum Gasteiger partial charge on any atom is 0.252 e. The van der Waals surface area contributed by atoms with Gasteiger partial charge in [-0.25, -0.2) is 9.67 Å². The summed E-state index contributed by atoms with van der Waals surface area (Å²) >= 11 is 0. The van der Waals surface area contributed by atoms with Gasteiger partial charge in [0.05, 0.1) is 23.4 Å². The average Bonchev–Trinajstić information content (AvgIpc) is 3.32. The molecule has 1 fully saturated rings. The Morgan fingerprint density at radius 3 is 2.74 bits per heavy atom. The number of aromatic nitrogens is 3. The summed E-state index contributed by atoms with van der Waals surface area (Å²) in [5.41, 5.74) is 1.97. The van der Waals surface area contributed by atoms with E-state index in [0.717, 1.165) is 24.1 Å². The smallest absolute Gasteiger partial charge is 0.252 e. The quantitative estimate of drug-likeness (QED) is 0.733. The standard InChI is InChI=1S/C21H26N4O2/c1-13(2)25-20-17(12-22-25)16(11-18(24-20)19-5-4-10-27-19)21(26)23-15-8-6-14(3)7-9-15/h4-5,10-15H,6-9H2,1-3H3,(H,23,26). The van der Waals surface area contributed by atoms with Gasteiger partial charge in [-0.3, -0.25) is 4.79 Å². The minimum atomic E-state index is -0.0573. The molecule has 0 unspecified atom stereocenters. The van der Waals surface area contributed by atoms with Crippen LogP contribution in [0.3, 0.4) is 0 Å². The van der Waals surface area contributed by atoms with Crippen molar-refractivity contribution in [1.29, 1.82) is 0 Å². The van der Waals surface area contributed by atoms with Crippen LogP contribution in [0.1, 0.15) is 62.9 Å². The summed E-state index contributed by atoms with van der Waals surface area (Å²) in [5.74, 6) is 1.34. The van der Waals surface area contributed by atoms with Crippen LogP contribution in [-0.2, 0) is 0 Å². The van der Waals surface area contributed by atoms with Crippen molar-refractivity contribution in [3.63, 3.8) is 0 Å². The molecule has 1 N–H and O–H groups in total. The Balaban J connectivity index is 1.73. The third-order valence-electron chi connectivity index (χ3n) is 5.43. The maximum atomic E-state index is 13.1. The Bertz CT molecular complexity index is 935. The summed E-state index contributed by atoms with van der Waals surface area (Å²) in [6.45, 7) is 6.38. The number of furan rings is 1. The third-order valence-corrected chi connectivity index (χ3v) is 5.43. The number of carbonyl (C=O) groups is 1. The highest BCUT2D eigenvalue weighted by atomic mass is 16.3. The third kappa shape index (κ3) is 3.48. The summed E-state index contributed by atoms with van der Waals surface area (Å²) in [5, 5.41) is 8.46. The Kier molecular flexibility index (Phi) is 4.72. The fourth-order valence-corrected chi connectivity index (χ4v) is 3.80. The number of fused-ring (bicyclic) bond motifs is 1. The minimum Gasteiger partial charge on any atom is -0.463 e. The number of pyridine rings is 1. The lowest BCUT2D eigenvalue weighted by Crippen LogP contribution is -2.37. The van der Waals surface area contributed by atoms with Gasteiger partial charge in [0.1, 0.15) is 5.69 Å². The van der Waals surface area contributed by atoms with Crippen molar-refractivity contribution in [1.82, 2.24) is 20.1 Å². The molecule has 0 aromatic carbocycles. The average molecular weight is 366 g/mol. The van der Waals surface area contributed by atoms with Gasteiger partial charge in [0, 0.05) is 12.1 Å². The van der Waals surface area contributed by atoms with Gasteiger partial charge < -0.3 is 9.73 Å². The molecular formula is C21H26N4O2. The molecule has 1 saturated carbocycles. The van der Waals surface area contributed by atoms with E-state index in [1.807, 2.05) is 22.9 Å². The van der Waals surface area contributed by atoms with Gasteiger partial charge in [0.15, 0.2) is 11.4 Å². The molecule has 1 amide bonds. The van der Waals surface area contributed by atoms with Crippen molar-refractivity contribution in [2.45, 2.75) is 58.5 Å². The molecule has 3 aromatic heterocycles. The van der Waals surface area contributed by atoms with E-state index in [9.17, 15) is 4.79 Å². The van der Waals surface area contributed by atoms with E-state index in [1.54, 1.807) is 12.5 Å². The molecule has 142 valence electrons. The Hall–Kier alpha value is -2.63. The number of rotatable bonds is 4. The van der Waals surface area contributed by atoms with E-state index in [1.165, 1.54) is 12.8 Å². The van der Waals surface area contributed by atoms with E-state index in [2.05, 4.69) is 31.2 Å². The molecule has 6 nitrogen and oxygen atoms in total. The Morgan fingerprint density at radius 1 is 1.30 bits per heavy atom. The first kappa shape index (κ1) is 17.8. The van der Waals surface area contributed by atoms with Crippen molar-refractivity contribution in [2.24, 2.45) is 5.92 Å². The monoisotopic (exact) mass is 366 g/mol. The molecule has 3 aromatic rings. The van der Waals surface area contributed by atoms with Crippen LogP contribution in [0.5, 0.6) is 0 Å². The van der Waals surface area contributed by atoms with Crippen LogP contribution in [0.4, 0.5) is 0 Å². The van der Waals surface area contributed by atoms with E-state index in [0.29, 0.717) is 22.7 Å². The normalized spacial score (nSPS) is 20.3. The van der Waals surface area contributed by atoms with Crippen LogP contribution in [0, 0.1) is 5.92 Å². The number of nitrogens with one attached hydrogen (secondary N) is 1. The number of hydrogen-bond donors (Lipinski definition) is 1. The lowest BCUT2D eigenvalue weighted by atomic mass is 9.87. The van der Waals surface area contributed by atoms with Gasteiger partial charge in [0.25, 0.3) is 5.91 Å². The van der Waals surface area contributed by atoms with Crippen molar-refractivity contribution >= 4 is 16.9 Å². The molecule has 0 bridgehead atoms. The molecule has 4 rings (SSSR count). The largest absolute Gasteiger partial charge is 0.463 e. The van der Waals surface area contributed by atoms with Crippen LogP contribution < -0.4 is 5.32 Å². The van der Waals surface area contributed by atoms with E-state index < -0.39 is 0 Å². The first-order valence-electron chi connectivity index (χ1n) is 9.76. The highest BCUT2D eigenvalue weighted by Crippen LogP contribution is 2.28. The molecular weight excluding hydrogens is 340 g/mol. The summed E-state index contributed by atoms with van der Waals surface area (Å²) in [7, 11) is 0. The van der Waals surface area contributed by atoms with Crippen molar-refractivity contribution in [3.8, 4) is 11.5 Å². The van der Waals surface area contributed by atoms with Gasteiger partial charge in [0.2, 0.25) is 0 Å². The van der Waals surface area contributed by atoms with E-state index in [4.69, 9.17) is 9.40 Å². The first-order chi connectivity index (χ1) is 13.0. The predicted octanol–water partition coefficient (Wildman–Crippen LogP) is 4.58. The topological polar surface area (TPSA) is 73.0 Å². The van der Waals surface area contributed by atoms with Crippen LogP contribution in [0.15, 0.2) is 35.1 Å². The van der Waals surface area contributed by atoms with E-state index in [-0.39, 0.29) is 18.0 Å². The second kappa shape index (κ2) is 7.18. The first-order valence-corrected chi connectivity index (χ1v) is 9.76. The summed E-state index contributed by atoms with van der Waals surface area (Å²) in [6.07, 6.45) is 7.77. The maximum absolute atomic E-state index is 13.1.